The van der Waals surface area contributed by atoms with Crippen molar-refractivity contribution < 1.29 is 5.11 Å². The highest BCUT2D eigenvalue weighted by Gasteiger charge is 2.21. The summed E-state index contributed by atoms with van der Waals surface area (Å²) in [5.74, 6) is 0.375. The fourth-order valence-corrected chi connectivity index (χ4v) is 1.61. The molecule has 0 aromatic heterocycles. The van der Waals surface area contributed by atoms with Crippen LogP contribution in [0.3, 0.4) is 0 Å². The Morgan fingerprint density at radius 2 is 2.18 bits per heavy atom. The first-order chi connectivity index (χ1) is 5.34. The normalized spacial score (nSPS) is 21.2. The molecule has 0 unspecified atom stereocenters. The minimum Gasteiger partial charge on any atom is -0.393 e. The van der Waals surface area contributed by atoms with Gasteiger partial charge in [-0.25, -0.2) is 0 Å². The number of nitrogens with zero attached hydrogens (tertiary/aromatic N) is 3. The molecule has 0 bridgehead atoms. The Bertz CT molecular complexity index is 159. The van der Waals surface area contributed by atoms with Gasteiger partial charge in [-0.15, -0.1) is 0 Å². The molecule has 1 fully saturated rings. The lowest BCUT2D eigenvalue weighted by Crippen LogP contribution is -2.20. The van der Waals surface area contributed by atoms with Crippen LogP contribution >= 0.6 is 0 Å². The summed E-state index contributed by atoms with van der Waals surface area (Å²) >= 11 is 0. The molecule has 1 rings (SSSR count). The van der Waals surface area contributed by atoms with Gasteiger partial charge in [0, 0.05) is 4.91 Å². The van der Waals surface area contributed by atoms with Gasteiger partial charge in [0.15, 0.2) is 0 Å². The third kappa shape index (κ3) is 2.41. The van der Waals surface area contributed by atoms with E-state index in [-0.39, 0.29) is 6.54 Å². The average Bonchev–Trinajstić information content (AvgIpc) is 2.52. The molecule has 0 aromatic carbocycles. The molecule has 0 aromatic rings. The molecule has 1 N–H and O–H groups in total. The van der Waals surface area contributed by atoms with Gasteiger partial charge in [0.05, 0.1) is 12.6 Å². The van der Waals surface area contributed by atoms with Gasteiger partial charge in [0.2, 0.25) is 0 Å². The molecule has 0 aliphatic heterocycles. The van der Waals surface area contributed by atoms with Crippen LogP contribution in [0.15, 0.2) is 5.11 Å². The van der Waals surface area contributed by atoms with Crippen molar-refractivity contribution in [1.82, 2.24) is 0 Å². The summed E-state index contributed by atoms with van der Waals surface area (Å²) in [4.78, 5) is 2.61. The Morgan fingerprint density at radius 1 is 1.55 bits per heavy atom. The van der Waals surface area contributed by atoms with E-state index in [4.69, 9.17) is 5.53 Å². The molecule has 0 radical (unpaired) electrons. The molecule has 11 heavy (non-hydrogen) atoms. The van der Waals surface area contributed by atoms with E-state index in [1.54, 1.807) is 0 Å². The summed E-state index contributed by atoms with van der Waals surface area (Å²) in [6.07, 6.45) is 4.17. The second kappa shape index (κ2) is 4.21. The SMILES string of the molecule is [N-]=[N+]=NC[C@@H](O)C1CCCC1. The molecule has 1 saturated carbocycles. The molecule has 0 saturated heterocycles. The van der Waals surface area contributed by atoms with Crippen molar-refractivity contribution in [1.29, 1.82) is 0 Å². The highest BCUT2D eigenvalue weighted by atomic mass is 16.3. The standard InChI is InChI=1S/C7H13N3O/c8-10-9-5-7(11)6-3-1-2-4-6/h6-7,11H,1-5H2/t7-/m1/s1. The van der Waals surface area contributed by atoms with E-state index in [1.807, 2.05) is 0 Å². The molecule has 62 valence electrons. The monoisotopic (exact) mass is 155 g/mol. The molecular weight excluding hydrogens is 142 g/mol. The molecule has 1 aliphatic carbocycles. The Hall–Kier alpha value is -0.730. The van der Waals surface area contributed by atoms with Crippen LogP contribution in [-0.4, -0.2) is 17.8 Å². The Balaban J connectivity index is 2.27. The number of azide groups is 1. The fraction of sp³-hybridized carbons (Fsp3) is 1.00. The lowest BCUT2D eigenvalue weighted by molar-refractivity contribution is 0.119. The van der Waals surface area contributed by atoms with Crippen LogP contribution in [0.25, 0.3) is 10.4 Å². The van der Waals surface area contributed by atoms with E-state index in [0.717, 1.165) is 12.8 Å². The highest BCUT2D eigenvalue weighted by Crippen LogP contribution is 2.27. The first-order valence-corrected chi connectivity index (χ1v) is 4.03. The molecule has 1 atom stereocenters. The maximum Gasteiger partial charge on any atom is 0.0624 e. The second-order valence-corrected chi connectivity index (χ2v) is 3.03. The van der Waals surface area contributed by atoms with Crippen molar-refractivity contribution in [2.75, 3.05) is 6.54 Å². The van der Waals surface area contributed by atoms with Gasteiger partial charge in [0.1, 0.15) is 0 Å². The first kappa shape index (κ1) is 8.37. The summed E-state index contributed by atoms with van der Waals surface area (Å²) in [5, 5.41) is 12.8. The van der Waals surface area contributed by atoms with Gasteiger partial charge in [0.25, 0.3) is 0 Å². The van der Waals surface area contributed by atoms with Gasteiger partial charge in [-0.1, -0.05) is 18.0 Å². The van der Waals surface area contributed by atoms with Crippen LogP contribution in [0.1, 0.15) is 25.7 Å². The van der Waals surface area contributed by atoms with Crippen molar-refractivity contribution in [3.05, 3.63) is 10.4 Å². The fourth-order valence-electron chi connectivity index (χ4n) is 1.61. The average molecular weight is 155 g/mol. The number of hydrogen-bond donors (Lipinski definition) is 1. The van der Waals surface area contributed by atoms with E-state index >= 15 is 0 Å². The van der Waals surface area contributed by atoms with Crippen molar-refractivity contribution in [2.24, 2.45) is 11.0 Å². The van der Waals surface area contributed by atoms with Crippen LogP contribution in [0, 0.1) is 5.92 Å². The predicted octanol–water partition coefficient (Wildman–Crippen LogP) is 1.85. The van der Waals surface area contributed by atoms with E-state index < -0.39 is 6.10 Å². The first-order valence-electron chi connectivity index (χ1n) is 4.03. The number of hydrogen-bond acceptors (Lipinski definition) is 2. The van der Waals surface area contributed by atoms with Gasteiger partial charge in [-0.3, -0.25) is 0 Å². The summed E-state index contributed by atoms with van der Waals surface area (Å²) in [5.41, 5.74) is 8.01. The minimum atomic E-state index is -0.409. The van der Waals surface area contributed by atoms with E-state index in [9.17, 15) is 5.11 Å². The topological polar surface area (TPSA) is 69.0 Å². The van der Waals surface area contributed by atoms with Gasteiger partial charge in [-0.2, -0.15) is 0 Å². The van der Waals surface area contributed by atoms with Crippen LogP contribution in [-0.2, 0) is 0 Å². The largest absolute Gasteiger partial charge is 0.393 e. The molecule has 0 heterocycles. The Labute approximate surface area is 65.9 Å². The zero-order chi connectivity index (χ0) is 8.10. The number of aliphatic hydroxyl groups is 1. The van der Waals surface area contributed by atoms with Crippen LogP contribution in [0.4, 0.5) is 0 Å². The molecule has 0 amide bonds. The van der Waals surface area contributed by atoms with Gasteiger partial charge in [-0.05, 0) is 24.3 Å². The van der Waals surface area contributed by atoms with Crippen molar-refractivity contribution in [2.45, 2.75) is 31.8 Å². The maximum atomic E-state index is 9.42. The van der Waals surface area contributed by atoms with E-state index in [0.29, 0.717) is 5.92 Å². The van der Waals surface area contributed by atoms with E-state index in [1.165, 1.54) is 12.8 Å². The van der Waals surface area contributed by atoms with Crippen molar-refractivity contribution in [3.63, 3.8) is 0 Å². The van der Waals surface area contributed by atoms with Gasteiger partial charge < -0.3 is 5.11 Å². The zero-order valence-corrected chi connectivity index (χ0v) is 6.48. The summed E-state index contributed by atoms with van der Waals surface area (Å²) < 4.78 is 0. The predicted molar refractivity (Wildman–Crippen MR) is 42.0 cm³/mol. The third-order valence-corrected chi connectivity index (χ3v) is 2.28. The summed E-state index contributed by atoms with van der Waals surface area (Å²) in [6, 6.07) is 0. The minimum absolute atomic E-state index is 0.237. The third-order valence-electron chi connectivity index (χ3n) is 2.28. The molecule has 1 aliphatic rings. The van der Waals surface area contributed by atoms with Crippen LogP contribution in [0.5, 0.6) is 0 Å². The van der Waals surface area contributed by atoms with Crippen molar-refractivity contribution in [3.8, 4) is 0 Å². The van der Waals surface area contributed by atoms with Crippen LogP contribution < -0.4 is 0 Å². The van der Waals surface area contributed by atoms with E-state index in [2.05, 4.69) is 10.0 Å². The summed E-state index contributed by atoms with van der Waals surface area (Å²) in [7, 11) is 0. The second-order valence-electron chi connectivity index (χ2n) is 3.03. The van der Waals surface area contributed by atoms with Crippen LogP contribution in [0.2, 0.25) is 0 Å². The lowest BCUT2D eigenvalue weighted by Gasteiger charge is -2.14. The maximum absolute atomic E-state index is 9.42. The molecule has 4 nitrogen and oxygen atoms in total. The zero-order valence-electron chi connectivity index (χ0n) is 6.48. The highest BCUT2D eigenvalue weighted by molar-refractivity contribution is 4.75. The summed E-state index contributed by atoms with van der Waals surface area (Å²) in [6.45, 7) is 0.237. The Kier molecular flexibility index (Phi) is 3.20. The lowest BCUT2D eigenvalue weighted by atomic mass is 10.0. The number of aliphatic hydroxyl groups excluding tert-OH is 1. The van der Waals surface area contributed by atoms with Gasteiger partial charge >= 0.3 is 0 Å². The Morgan fingerprint density at radius 3 is 2.73 bits per heavy atom. The number of rotatable bonds is 3. The molecule has 0 spiro atoms. The van der Waals surface area contributed by atoms with Crippen molar-refractivity contribution >= 4 is 0 Å². The molecule has 4 heteroatoms. The quantitative estimate of drug-likeness (QED) is 0.377. The smallest absolute Gasteiger partial charge is 0.0624 e. The molecular formula is C7H13N3O.